The number of non-ortho nitro benzene ring substituents is 1. The first kappa shape index (κ1) is 13.6. The molecule has 1 N–H and O–H groups in total. The first-order chi connectivity index (χ1) is 9.01. The highest BCUT2D eigenvalue weighted by Gasteiger charge is 2.24. The molecule has 0 radical (unpaired) electrons. The Bertz CT molecular complexity index is 476. The van der Waals surface area contributed by atoms with Crippen LogP contribution in [0.15, 0.2) is 18.2 Å². The molecule has 1 aromatic carbocycles. The quantitative estimate of drug-likeness (QED) is 0.671. The minimum absolute atomic E-state index is 0.146. The summed E-state index contributed by atoms with van der Waals surface area (Å²) in [4.78, 5) is 13.0. The molecule has 104 valence electrons. The SMILES string of the molecule is CNc1cc(N2CC(C)CCC2C)cc([N+](=O)[O-])c1. The van der Waals surface area contributed by atoms with Crippen molar-refractivity contribution in [1.82, 2.24) is 0 Å². The third-order valence-electron chi connectivity index (χ3n) is 3.85. The fraction of sp³-hybridized carbons (Fsp3) is 0.571. The molecule has 2 unspecified atom stereocenters. The van der Waals surface area contributed by atoms with Crippen molar-refractivity contribution in [2.75, 3.05) is 23.8 Å². The van der Waals surface area contributed by atoms with Crippen molar-refractivity contribution in [3.05, 3.63) is 28.3 Å². The van der Waals surface area contributed by atoms with Gasteiger partial charge in [0.05, 0.1) is 4.92 Å². The molecule has 0 saturated carbocycles. The molecule has 1 heterocycles. The van der Waals surface area contributed by atoms with Gasteiger partial charge in [-0.15, -0.1) is 0 Å². The number of benzene rings is 1. The lowest BCUT2D eigenvalue weighted by Gasteiger charge is -2.38. The molecule has 1 aliphatic rings. The summed E-state index contributed by atoms with van der Waals surface area (Å²) in [5.41, 5.74) is 1.87. The number of nitro groups is 1. The Labute approximate surface area is 113 Å². The van der Waals surface area contributed by atoms with Crippen LogP contribution < -0.4 is 10.2 Å². The predicted octanol–water partition coefficient (Wildman–Crippen LogP) is 3.26. The summed E-state index contributed by atoms with van der Waals surface area (Å²) in [7, 11) is 1.78. The van der Waals surface area contributed by atoms with Gasteiger partial charge >= 0.3 is 0 Å². The Morgan fingerprint density at radius 2 is 2.05 bits per heavy atom. The van der Waals surface area contributed by atoms with Crippen molar-refractivity contribution in [3.8, 4) is 0 Å². The maximum atomic E-state index is 11.0. The van der Waals surface area contributed by atoms with E-state index in [0.29, 0.717) is 12.0 Å². The molecule has 0 bridgehead atoms. The maximum absolute atomic E-state index is 11.0. The second-order valence-electron chi connectivity index (χ2n) is 5.43. The van der Waals surface area contributed by atoms with Crippen LogP contribution in [0.1, 0.15) is 26.7 Å². The number of nitrogens with zero attached hydrogens (tertiary/aromatic N) is 2. The van der Waals surface area contributed by atoms with E-state index in [1.54, 1.807) is 19.2 Å². The predicted molar refractivity (Wildman–Crippen MR) is 77.8 cm³/mol. The Morgan fingerprint density at radius 1 is 1.32 bits per heavy atom. The normalized spacial score (nSPS) is 23.2. The summed E-state index contributed by atoms with van der Waals surface area (Å²) in [6.07, 6.45) is 2.37. The van der Waals surface area contributed by atoms with Gasteiger partial charge in [0.1, 0.15) is 0 Å². The largest absolute Gasteiger partial charge is 0.388 e. The van der Waals surface area contributed by atoms with Crippen LogP contribution in [-0.2, 0) is 0 Å². The minimum atomic E-state index is -0.331. The van der Waals surface area contributed by atoms with Gasteiger partial charge in [-0.05, 0) is 31.7 Å². The number of nitro benzene ring substituents is 1. The Balaban J connectivity index is 2.37. The topological polar surface area (TPSA) is 58.4 Å². The van der Waals surface area contributed by atoms with Crippen LogP contribution in [0.3, 0.4) is 0 Å². The monoisotopic (exact) mass is 263 g/mol. The van der Waals surface area contributed by atoms with Crippen molar-refractivity contribution < 1.29 is 4.92 Å². The third-order valence-corrected chi connectivity index (χ3v) is 3.85. The number of hydrogen-bond donors (Lipinski definition) is 1. The van der Waals surface area contributed by atoms with Crippen LogP contribution in [-0.4, -0.2) is 24.6 Å². The van der Waals surface area contributed by atoms with Crippen LogP contribution in [0.2, 0.25) is 0 Å². The van der Waals surface area contributed by atoms with Gasteiger partial charge in [0.2, 0.25) is 0 Å². The van der Waals surface area contributed by atoms with Gasteiger partial charge < -0.3 is 10.2 Å². The molecule has 0 aromatic heterocycles. The fourth-order valence-corrected chi connectivity index (χ4v) is 2.66. The van der Waals surface area contributed by atoms with E-state index < -0.39 is 0 Å². The molecule has 0 aliphatic carbocycles. The van der Waals surface area contributed by atoms with E-state index >= 15 is 0 Å². The van der Waals surface area contributed by atoms with Crippen molar-refractivity contribution in [3.63, 3.8) is 0 Å². The molecule has 2 atom stereocenters. The summed E-state index contributed by atoms with van der Waals surface area (Å²) >= 11 is 0. The number of rotatable bonds is 3. The Kier molecular flexibility index (Phi) is 3.93. The second-order valence-corrected chi connectivity index (χ2v) is 5.43. The van der Waals surface area contributed by atoms with Gasteiger partial charge in [-0.3, -0.25) is 10.1 Å². The average Bonchev–Trinajstić information content (AvgIpc) is 2.40. The highest BCUT2D eigenvalue weighted by molar-refractivity contribution is 5.64. The van der Waals surface area contributed by atoms with Crippen molar-refractivity contribution in [2.45, 2.75) is 32.7 Å². The third kappa shape index (κ3) is 2.97. The summed E-state index contributed by atoms with van der Waals surface area (Å²) in [6, 6.07) is 5.67. The van der Waals surface area contributed by atoms with Crippen LogP contribution >= 0.6 is 0 Å². The molecule has 1 aliphatic heterocycles. The molecule has 1 aromatic rings. The van der Waals surface area contributed by atoms with Gasteiger partial charge in [-0.25, -0.2) is 0 Å². The van der Waals surface area contributed by atoms with Gasteiger partial charge in [0.25, 0.3) is 5.69 Å². The Morgan fingerprint density at radius 3 is 2.68 bits per heavy atom. The van der Waals surface area contributed by atoms with Gasteiger partial charge in [-0.2, -0.15) is 0 Å². The molecule has 5 heteroatoms. The van der Waals surface area contributed by atoms with Crippen molar-refractivity contribution in [1.29, 1.82) is 0 Å². The molecule has 1 saturated heterocycles. The molecule has 5 nitrogen and oxygen atoms in total. The van der Waals surface area contributed by atoms with E-state index in [2.05, 4.69) is 24.1 Å². The van der Waals surface area contributed by atoms with E-state index in [0.717, 1.165) is 24.3 Å². The second kappa shape index (κ2) is 5.47. The Hall–Kier alpha value is -1.78. The molecule has 1 fully saturated rings. The standard InChI is InChI=1S/C14H21N3O2/c1-10-4-5-11(2)16(9-10)13-6-12(15-3)7-14(8-13)17(18)19/h6-8,10-11,15H,4-5,9H2,1-3H3. The lowest BCUT2D eigenvalue weighted by molar-refractivity contribution is -0.384. The van der Waals surface area contributed by atoms with Gasteiger partial charge in [0, 0.05) is 43.1 Å². The summed E-state index contributed by atoms with van der Waals surface area (Å²) in [6.45, 7) is 5.38. The van der Waals surface area contributed by atoms with Crippen LogP contribution in [0.25, 0.3) is 0 Å². The van der Waals surface area contributed by atoms with Crippen LogP contribution in [0, 0.1) is 16.0 Å². The highest BCUT2D eigenvalue weighted by Crippen LogP contribution is 2.32. The zero-order valence-corrected chi connectivity index (χ0v) is 11.7. The van der Waals surface area contributed by atoms with Gasteiger partial charge in [-0.1, -0.05) is 6.92 Å². The number of nitrogens with one attached hydrogen (secondary N) is 1. The van der Waals surface area contributed by atoms with Crippen molar-refractivity contribution >= 4 is 17.1 Å². The molecule has 0 spiro atoms. The first-order valence-corrected chi connectivity index (χ1v) is 6.75. The average molecular weight is 263 g/mol. The van der Waals surface area contributed by atoms with E-state index in [1.807, 2.05) is 6.07 Å². The molecule has 2 rings (SSSR count). The zero-order valence-electron chi connectivity index (χ0n) is 11.7. The molecular formula is C14H21N3O2. The van der Waals surface area contributed by atoms with Crippen molar-refractivity contribution in [2.24, 2.45) is 5.92 Å². The molecule has 0 amide bonds. The highest BCUT2D eigenvalue weighted by atomic mass is 16.6. The molecule has 19 heavy (non-hydrogen) atoms. The minimum Gasteiger partial charge on any atom is -0.388 e. The first-order valence-electron chi connectivity index (χ1n) is 6.75. The zero-order chi connectivity index (χ0) is 14.0. The van der Waals surface area contributed by atoms with Gasteiger partial charge in [0.15, 0.2) is 0 Å². The van der Waals surface area contributed by atoms with E-state index in [1.165, 1.54) is 6.42 Å². The summed E-state index contributed by atoms with van der Waals surface area (Å²) < 4.78 is 0. The maximum Gasteiger partial charge on any atom is 0.273 e. The lowest BCUT2D eigenvalue weighted by atomic mass is 9.94. The summed E-state index contributed by atoms with van der Waals surface area (Å²) in [5, 5.41) is 14.0. The number of anilines is 2. The number of hydrogen-bond acceptors (Lipinski definition) is 4. The van der Waals surface area contributed by atoms with E-state index in [-0.39, 0.29) is 10.6 Å². The van der Waals surface area contributed by atoms with Crippen LogP contribution in [0.5, 0.6) is 0 Å². The molecular weight excluding hydrogens is 242 g/mol. The van der Waals surface area contributed by atoms with E-state index in [4.69, 9.17) is 0 Å². The lowest BCUT2D eigenvalue weighted by Crippen LogP contribution is -2.41. The summed E-state index contributed by atoms with van der Waals surface area (Å²) in [5.74, 6) is 0.633. The van der Waals surface area contributed by atoms with Crippen LogP contribution in [0.4, 0.5) is 17.1 Å². The number of piperidine rings is 1. The van der Waals surface area contributed by atoms with E-state index in [9.17, 15) is 10.1 Å². The smallest absolute Gasteiger partial charge is 0.273 e. The fourth-order valence-electron chi connectivity index (χ4n) is 2.66.